The summed E-state index contributed by atoms with van der Waals surface area (Å²) in [4.78, 5) is 11.5. The van der Waals surface area contributed by atoms with Gasteiger partial charge in [-0.15, -0.1) is 0 Å². The van der Waals surface area contributed by atoms with Gasteiger partial charge in [0.2, 0.25) is 0 Å². The van der Waals surface area contributed by atoms with Gasteiger partial charge >= 0.3 is 6.03 Å². The highest BCUT2D eigenvalue weighted by atomic mass is 35.5. The van der Waals surface area contributed by atoms with Crippen molar-refractivity contribution < 1.29 is 9.53 Å². The third-order valence-electron chi connectivity index (χ3n) is 2.16. The van der Waals surface area contributed by atoms with Crippen LogP contribution in [0.4, 0.5) is 10.5 Å². The maximum Gasteiger partial charge on any atom is 0.319 e. The molecule has 0 aliphatic carbocycles. The summed E-state index contributed by atoms with van der Waals surface area (Å²) in [5, 5.41) is 6.12. The molecule has 0 atom stereocenters. The van der Waals surface area contributed by atoms with Crippen LogP contribution >= 0.6 is 11.6 Å². The summed E-state index contributed by atoms with van der Waals surface area (Å²) >= 11 is 5.75. The first-order chi connectivity index (χ1) is 8.58. The summed E-state index contributed by atoms with van der Waals surface area (Å²) in [6, 6.07) is 6.75. The fraction of sp³-hybridized carbons (Fsp3) is 0.462. The molecule has 1 rings (SSSR count). The van der Waals surface area contributed by atoms with E-state index in [1.54, 1.807) is 24.3 Å². The number of hydrogen-bond donors (Lipinski definition) is 2. The number of benzene rings is 1. The second-order valence-electron chi connectivity index (χ2n) is 4.16. The molecule has 0 saturated carbocycles. The highest BCUT2D eigenvalue weighted by Gasteiger charge is 2.00. The lowest BCUT2D eigenvalue weighted by atomic mass is 10.3. The fourth-order valence-corrected chi connectivity index (χ4v) is 1.43. The Bertz CT molecular complexity index is 366. The lowest BCUT2D eigenvalue weighted by molar-refractivity contribution is 0.0775. The molecule has 2 N–H and O–H groups in total. The van der Waals surface area contributed by atoms with Gasteiger partial charge in [-0.2, -0.15) is 0 Å². The van der Waals surface area contributed by atoms with Gasteiger partial charge in [0.25, 0.3) is 0 Å². The predicted molar refractivity (Wildman–Crippen MR) is 74.2 cm³/mol. The van der Waals surface area contributed by atoms with Gasteiger partial charge in [0.1, 0.15) is 0 Å². The van der Waals surface area contributed by atoms with Crippen LogP contribution in [0.3, 0.4) is 0 Å². The van der Waals surface area contributed by atoms with E-state index in [0.717, 1.165) is 12.1 Å². The Hall–Kier alpha value is -1.26. The van der Waals surface area contributed by atoms with Crippen LogP contribution in [0.5, 0.6) is 0 Å². The fourth-order valence-electron chi connectivity index (χ4n) is 1.30. The monoisotopic (exact) mass is 270 g/mol. The molecule has 0 heterocycles. The quantitative estimate of drug-likeness (QED) is 0.780. The van der Waals surface area contributed by atoms with Crippen LogP contribution in [0, 0.1) is 0 Å². The van der Waals surface area contributed by atoms with Crippen molar-refractivity contribution in [1.82, 2.24) is 5.32 Å². The third kappa shape index (κ3) is 6.47. The minimum Gasteiger partial charge on any atom is -0.379 e. The second-order valence-corrected chi connectivity index (χ2v) is 4.60. The zero-order valence-electron chi connectivity index (χ0n) is 10.7. The number of rotatable bonds is 6. The zero-order valence-corrected chi connectivity index (χ0v) is 11.5. The summed E-state index contributed by atoms with van der Waals surface area (Å²) in [7, 11) is 0. The number of anilines is 1. The molecule has 0 aliphatic heterocycles. The van der Waals surface area contributed by atoms with Crippen molar-refractivity contribution in [2.24, 2.45) is 0 Å². The van der Waals surface area contributed by atoms with Crippen LogP contribution in [0.2, 0.25) is 5.02 Å². The van der Waals surface area contributed by atoms with E-state index in [1.165, 1.54) is 0 Å². The Morgan fingerprint density at radius 3 is 2.61 bits per heavy atom. The molecule has 1 aromatic carbocycles. The first kappa shape index (κ1) is 14.8. The Kier molecular flexibility index (Phi) is 6.54. The maximum atomic E-state index is 11.5. The van der Waals surface area contributed by atoms with E-state index in [2.05, 4.69) is 10.6 Å². The first-order valence-corrected chi connectivity index (χ1v) is 6.38. The van der Waals surface area contributed by atoms with Gasteiger partial charge in [0.05, 0.1) is 6.10 Å². The summed E-state index contributed by atoms with van der Waals surface area (Å²) in [5.41, 5.74) is 0.718. The predicted octanol–water partition coefficient (Wildman–Crippen LogP) is 3.28. The van der Waals surface area contributed by atoms with E-state index >= 15 is 0 Å². The number of nitrogens with one attached hydrogen (secondary N) is 2. The normalized spacial score (nSPS) is 10.4. The Morgan fingerprint density at radius 2 is 2.00 bits per heavy atom. The van der Waals surface area contributed by atoms with E-state index in [0.29, 0.717) is 18.2 Å². The van der Waals surface area contributed by atoms with E-state index < -0.39 is 0 Å². The van der Waals surface area contributed by atoms with Crippen molar-refractivity contribution in [3.63, 3.8) is 0 Å². The minimum atomic E-state index is -0.220. The molecule has 4 nitrogen and oxygen atoms in total. The topological polar surface area (TPSA) is 50.4 Å². The summed E-state index contributed by atoms with van der Waals surface area (Å²) < 4.78 is 5.37. The number of hydrogen-bond acceptors (Lipinski definition) is 2. The Labute approximate surface area is 113 Å². The molecule has 0 fully saturated rings. The molecular formula is C13H19ClN2O2. The summed E-state index contributed by atoms with van der Waals surface area (Å²) in [6.07, 6.45) is 1.03. The number of urea groups is 1. The lowest BCUT2D eigenvalue weighted by Crippen LogP contribution is -2.30. The molecular weight excluding hydrogens is 252 g/mol. The van der Waals surface area contributed by atoms with Gasteiger partial charge in [0, 0.05) is 23.9 Å². The van der Waals surface area contributed by atoms with E-state index in [1.807, 2.05) is 13.8 Å². The van der Waals surface area contributed by atoms with E-state index in [-0.39, 0.29) is 12.1 Å². The van der Waals surface area contributed by atoms with Crippen LogP contribution in [0.25, 0.3) is 0 Å². The summed E-state index contributed by atoms with van der Waals surface area (Å²) in [5.74, 6) is 0. The number of carbonyl (C=O) groups is 1. The van der Waals surface area contributed by atoms with Crippen LogP contribution in [-0.2, 0) is 4.74 Å². The maximum absolute atomic E-state index is 11.5. The number of carbonyl (C=O) groups excluding carboxylic acids is 1. The molecule has 0 unspecified atom stereocenters. The highest BCUT2D eigenvalue weighted by Crippen LogP contribution is 2.12. The molecule has 2 amide bonds. The van der Waals surface area contributed by atoms with Gasteiger partial charge < -0.3 is 15.4 Å². The average Bonchev–Trinajstić information content (AvgIpc) is 2.31. The first-order valence-electron chi connectivity index (χ1n) is 6.00. The highest BCUT2D eigenvalue weighted by molar-refractivity contribution is 6.30. The standard InChI is InChI=1S/C13H19ClN2O2/c1-10(2)18-9-3-8-15-13(17)16-12-6-4-11(14)5-7-12/h4-7,10H,3,8-9H2,1-2H3,(H2,15,16,17). The molecule has 0 radical (unpaired) electrons. The molecule has 0 bridgehead atoms. The molecule has 0 aliphatic rings. The van der Waals surface area contributed by atoms with E-state index in [9.17, 15) is 4.79 Å². The molecule has 0 saturated heterocycles. The molecule has 0 spiro atoms. The van der Waals surface area contributed by atoms with Gasteiger partial charge in [-0.05, 0) is 44.5 Å². The number of halogens is 1. The second kappa shape index (κ2) is 7.95. The third-order valence-corrected chi connectivity index (χ3v) is 2.41. The Balaban J connectivity index is 2.16. The van der Waals surface area contributed by atoms with Gasteiger partial charge in [-0.1, -0.05) is 11.6 Å². The van der Waals surface area contributed by atoms with Crippen molar-refractivity contribution in [2.45, 2.75) is 26.4 Å². The smallest absolute Gasteiger partial charge is 0.319 e. The SMILES string of the molecule is CC(C)OCCCNC(=O)Nc1ccc(Cl)cc1. The van der Waals surface area contributed by atoms with Crippen molar-refractivity contribution in [3.8, 4) is 0 Å². The van der Waals surface area contributed by atoms with Crippen LogP contribution in [-0.4, -0.2) is 25.3 Å². The molecule has 0 aromatic heterocycles. The van der Waals surface area contributed by atoms with Gasteiger partial charge in [-0.3, -0.25) is 0 Å². The molecule has 100 valence electrons. The lowest BCUT2D eigenvalue weighted by Gasteiger charge is -2.09. The van der Waals surface area contributed by atoms with Crippen LogP contribution < -0.4 is 10.6 Å². The summed E-state index contributed by atoms with van der Waals surface area (Å²) in [6.45, 7) is 5.21. The largest absolute Gasteiger partial charge is 0.379 e. The van der Waals surface area contributed by atoms with Crippen LogP contribution in [0.1, 0.15) is 20.3 Å². The van der Waals surface area contributed by atoms with Crippen molar-refractivity contribution in [1.29, 1.82) is 0 Å². The number of amides is 2. The Morgan fingerprint density at radius 1 is 1.33 bits per heavy atom. The van der Waals surface area contributed by atoms with Crippen molar-refractivity contribution in [2.75, 3.05) is 18.5 Å². The number of ether oxygens (including phenoxy) is 1. The van der Waals surface area contributed by atoms with E-state index in [4.69, 9.17) is 16.3 Å². The van der Waals surface area contributed by atoms with Crippen LogP contribution in [0.15, 0.2) is 24.3 Å². The zero-order chi connectivity index (χ0) is 13.4. The molecule has 1 aromatic rings. The van der Waals surface area contributed by atoms with Gasteiger partial charge in [-0.25, -0.2) is 4.79 Å². The average molecular weight is 271 g/mol. The van der Waals surface area contributed by atoms with Crippen molar-refractivity contribution in [3.05, 3.63) is 29.3 Å². The molecule has 5 heteroatoms. The minimum absolute atomic E-state index is 0.220. The van der Waals surface area contributed by atoms with Gasteiger partial charge in [0.15, 0.2) is 0 Å². The van der Waals surface area contributed by atoms with Crippen molar-refractivity contribution >= 4 is 23.3 Å². The molecule has 18 heavy (non-hydrogen) atoms.